The predicted molar refractivity (Wildman–Crippen MR) is 83.8 cm³/mol. The predicted octanol–water partition coefficient (Wildman–Crippen LogP) is 2.16. The van der Waals surface area contributed by atoms with Crippen molar-refractivity contribution in [3.05, 3.63) is 35.0 Å². The van der Waals surface area contributed by atoms with Gasteiger partial charge in [0.15, 0.2) is 5.17 Å². The first-order valence-electron chi connectivity index (χ1n) is 6.95. The number of carbonyl (C=O) groups is 1. The van der Waals surface area contributed by atoms with Crippen LogP contribution in [0.25, 0.3) is 6.08 Å². The Morgan fingerprint density at radius 2 is 1.95 bits per heavy atom. The number of morpholine rings is 1. The molecule has 0 aliphatic carbocycles. The molecular weight excluding hydrogens is 286 g/mol. The number of amidine groups is 1. The minimum absolute atomic E-state index is 0.153. The lowest BCUT2D eigenvalue weighted by Crippen LogP contribution is -2.47. The summed E-state index contributed by atoms with van der Waals surface area (Å²) in [5.74, 6) is -0.168. The molecule has 0 N–H and O–H groups in total. The maximum atomic E-state index is 12.0. The van der Waals surface area contributed by atoms with Gasteiger partial charge in [0.2, 0.25) is 0 Å². The van der Waals surface area contributed by atoms with Crippen LogP contribution in [0.4, 0.5) is 0 Å². The van der Waals surface area contributed by atoms with Crippen LogP contribution in [0.2, 0.25) is 0 Å². The summed E-state index contributed by atoms with van der Waals surface area (Å²) in [5, 5.41) is 0.780. The first kappa shape index (κ1) is 14.3. The van der Waals surface area contributed by atoms with E-state index in [4.69, 9.17) is 4.74 Å². The highest BCUT2D eigenvalue weighted by molar-refractivity contribution is 8.18. The van der Waals surface area contributed by atoms with Gasteiger partial charge in [0.05, 0.1) is 17.1 Å². The first-order chi connectivity index (χ1) is 10.1. The number of thioether (sulfide) groups is 1. The first-order valence-corrected chi connectivity index (χ1v) is 7.76. The topological polar surface area (TPSA) is 54.8 Å². The van der Waals surface area contributed by atoms with Crippen molar-refractivity contribution in [1.82, 2.24) is 9.88 Å². The highest BCUT2D eigenvalue weighted by atomic mass is 32.2. The molecule has 0 spiro atoms. The minimum atomic E-state index is -0.168. The SMILES string of the molecule is C[C@@H]1CN(C2=NC(=O)/C(=C\c3ccncc3)S2)C[C@@H](C)O1. The summed E-state index contributed by atoms with van der Waals surface area (Å²) in [6.07, 6.45) is 5.59. The lowest BCUT2D eigenvalue weighted by atomic mass is 10.2. The molecule has 1 amide bonds. The molecule has 6 heteroatoms. The number of nitrogens with zero attached hydrogens (tertiary/aromatic N) is 3. The molecule has 5 nitrogen and oxygen atoms in total. The number of hydrogen-bond acceptors (Lipinski definition) is 5. The zero-order chi connectivity index (χ0) is 14.8. The Bertz CT molecular complexity index is 590. The van der Waals surface area contributed by atoms with Crippen LogP contribution in [0.5, 0.6) is 0 Å². The van der Waals surface area contributed by atoms with Gasteiger partial charge in [0.25, 0.3) is 5.91 Å². The molecule has 0 unspecified atom stereocenters. The highest BCUT2D eigenvalue weighted by Crippen LogP contribution is 2.31. The van der Waals surface area contributed by atoms with Gasteiger partial charge < -0.3 is 9.64 Å². The van der Waals surface area contributed by atoms with E-state index in [0.29, 0.717) is 4.91 Å². The lowest BCUT2D eigenvalue weighted by Gasteiger charge is -2.35. The molecule has 2 atom stereocenters. The van der Waals surface area contributed by atoms with Crippen molar-refractivity contribution in [2.75, 3.05) is 13.1 Å². The summed E-state index contributed by atoms with van der Waals surface area (Å²) in [6.45, 7) is 5.62. The molecule has 1 aromatic rings. The molecule has 0 aromatic carbocycles. The van der Waals surface area contributed by atoms with Crippen LogP contribution in [0, 0.1) is 0 Å². The Hall–Kier alpha value is -1.66. The number of rotatable bonds is 1. The number of amides is 1. The molecule has 1 saturated heterocycles. The van der Waals surface area contributed by atoms with Gasteiger partial charge in [-0.05, 0) is 49.4 Å². The van der Waals surface area contributed by atoms with Crippen LogP contribution >= 0.6 is 11.8 Å². The lowest BCUT2D eigenvalue weighted by molar-refractivity contribution is -0.113. The third-order valence-electron chi connectivity index (χ3n) is 3.30. The number of ether oxygens (including phenoxy) is 1. The van der Waals surface area contributed by atoms with Crippen LogP contribution in [0.1, 0.15) is 19.4 Å². The zero-order valence-electron chi connectivity index (χ0n) is 12.0. The van der Waals surface area contributed by atoms with E-state index >= 15 is 0 Å². The van der Waals surface area contributed by atoms with Crippen LogP contribution in [-0.2, 0) is 9.53 Å². The minimum Gasteiger partial charge on any atom is -0.372 e. The Labute approximate surface area is 128 Å². The third kappa shape index (κ3) is 3.33. The molecule has 21 heavy (non-hydrogen) atoms. The monoisotopic (exact) mass is 303 g/mol. The molecule has 0 saturated carbocycles. The third-order valence-corrected chi connectivity index (χ3v) is 4.35. The zero-order valence-corrected chi connectivity index (χ0v) is 12.8. The van der Waals surface area contributed by atoms with Gasteiger partial charge in [-0.1, -0.05) is 0 Å². The van der Waals surface area contributed by atoms with Gasteiger partial charge in [-0.15, -0.1) is 0 Å². The van der Waals surface area contributed by atoms with Crippen LogP contribution in [0.3, 0.4) is 0 Å². The van der Waals surface area contributed by atoms with Crippen molar-refractivity contribution < 1.29 is 9.53 Å². The summed E-state index contributed by atoms with van der Waals surface area (Å²) in [5.41, 5.74) is 0.959. The molecule has 3 heterocycles. The number of aromatic nitrogens is 1. The van der Waals surface area contributed by atoms with Gasteiger partial charge >= 0.3 is 0 Å². The summed E-state index contributed by atoms with van der Waals surface area (Å²) in [6, 6.07) is 3.75. The summed E-state index contributed by atoms with van der Waals surface area (Å²) < 4.78 is 5.71. The van der Waals surface area contributed by atoms with E-state index in [9.17, 15) is 4.79 Å². The van der Waals surface area contributed by atoms with Crippen molar-refractivity contribution in [2.45, 2.75) is 26.1 Å². The van der Waals surface area contributed by atoms with E-state index < -0.39 is 0 Å². The second-order valence-corrected chi connectivity index (χ2v) is 6.26. The number of carbonyl (C=O) groups excluding carboxylic acids is 1. The van der Waals surface area contributed by atoms with Crippen molar-refractivity contribution >= 4 is 28.9 Å². The van der Waals surface area contributed by atoms with Crippen LogP contribution in [0.15, 0.2) is 34.4 Å². The number of hydrogen-bond donors (Lipinski definition) is 0. The van der Waals surface area contributed by atoms with E-state index in [2.05, 4.69) is 14.9 Å². The Morgan fingerprint density at radius 3 is 2.62 bits per heavy atom. The quantitative estimate of drug-likeness (QED) is 0.744. The van der Waals surface area contributed by atoms with Gasteiger partial charge in [-0.2, -0.15) is 4.99 Å². The van der Waals surface area contributed by atoms with Crippen LogP contribution in [-0.4, -0.2) is 46.3 Å². The van der Waals surface area contributed by atoms with Gasteiger partial charge in [0.1, 0.15) is 0 Å². The number of pyridine rings is 1. The summed E-state index contributed by atoms with van der Waals surface area (Å²) >= 11 is 1.44. The van der Waals surface area contributed by atoms with Crippen molar-refractivity contribution in [2.24, 2.45) is 4.99 Å². The van der Waals surface area contributed by atoms with E-state index in [1.54, 1.807) is 12.4 Å². The van der Waals surface area contributed by atoms with E-state index in [1.807, 2.05) is 32.1 Å². The molecule has 110 valence electrons. The standard InChI is InChI=1S/C15H17N3O2S/c1-10-8-18(9-11(2)20-10)15-17-14(19)13(21-15)7-12-3-5-16-6-4-12/h3-7,10-11H,8-9H2,1-2H3/b13-7+/t10-,11-/m1/s1. The van der Waals surface area contributed by atoms with Gasteiger partial charge in [-0.25, -0.2) is 0 Å². The van der Waals surface area contributed by atoms with Crippen LogP contribution < -0.4 is 0 Å². The van der Waals surface area contributed by atoms with Gasteiger partial charge in [0, 0.05) is 25.5 Å². The average Bonchev–Trinajstić information content (AvgIpc) is 2.80. The van der Waals surface area contributed by atoms with Crippen molar-refractivity contribution in [1.29, 1.82) is 0 Å². The Morgan fingerprint density at radius 1 is 1.29 bits per heavy atom. The molecule has 1 aromatic heterocycles. The molecule has 0 radical (unpaired) electrons. The van der Waals surface area contributed by atoms with Crippen molar-refractivity contribution in [3.8, 4) is 0 Å². The van der Waals surface area contributed by atoms with Crippen molar-refractivity contribution in [3.63, 3.8) is 0 Å². The van der Waals surface area contributed by atoms with E-state index in [-0.39, 0.29) is 18.1 Å². The molecule has 2 aliphatic rings. The highest BCUT2D eigenvalue weighted by Gasteiger charge is 2.30. The maximum absolute atomic E-state index is 12.0. The second kappa shape index (κ2) is 5.99. The fourth-order valence-corrected chi connectivity index (χ4v) is 3.41. The van der Waals surface area contributed by atoms with Gasteiger partial charge in [-0.3, -0.25) is 9.78 Å². The normalized spacial score (nSPS) is 28.1. The smallest absolute Gasteiger partial charge is 0.286 e. The average molecular weight is 303 g/mol. The Kier molecular flexibility index (Phi) is 4.07. The molecule has 3 rings (SSSR count). The Balaban J connectivity index is 1.74. The summed E-state index contributed by atoms with van der Waals surface area (Å²) in [7, 11) is 0. The summed E-state index contributed by atoms with van der Waals surface area (Å²) in [4.78, 5) is 23.0. The fraction of sp³-hybridized carbons (Fsp3) is 0.400. The molecule has 2 aliphatic heterocycles. The van der Waals surface area contributed by atoms with E-state index in [1.165, 1.54) is 11.8 Å². The largest absolute Gasteiger partial charge is 0.372 e. The fourth-order valence-electron chi connectivity index (χ4n) is 2.48. The maximum Gasteiger partial charge on any atom is 0.286 e. The molecule has 1 fully saturated rings. The number of aliphatic imine (C=N–C) groups is 1. The molecule has 0 bridgehead atoms. The van der Waals surface area contributed by atoms with E-state index in [0.717, 1.165) is 23.8 Å². The molecular formula is C15H17N3O2S. The second-order valence-electron chi connectivity index (χ2n) is 5.25.